The third-order valence-electron chi connectivity index (χ3n) is 6.43. The van der Waals surface area contributed by atoms with Crippen LogP contribution in [0.2, 0.25) is 0 Å². The van der Waals surface area contributed by atoms with Crippen LogP contribution in [0.4, 0.5) is 0 Å². The summed E-state index contributed by atoms with van der Waals surface area (Å²) < 4.78 is 11.2. The predicted octanol–water partition coefficient (Wildman–Crippen LogP) is 6.41. The second-order valence-corrected chi connectivity index (χ2v) is 9.99. The normalized spacial score (nSPS) is 12.9. The van der Waals surface area contributed by atoms with Crippen LogP contribution in [-0.2, 0) is 17.6 Å². The number of carbonyl (C=O) groups excluding carboxylic acids is 2. The van der Waals surface area contributed by atoms with Gasteiger partial charge in [0.05, 0.1) is 7.11 Å². The van der Waals surface area contributed by atoms with E-state index >= 15 is 0 Å². The zero-order chi connectivity index (χ0) is 26.1. The molecule has 0 heterocycles. The molecule has 0 aliphatic rings. The number of aldehydes is 1. The van der Waals surface area contributed by atoms with Gasteiger partial charge in [0.2, 0.25) is 0 Å². The number of aryl methyl sites for hydroxylation is 1. The van der Waals surface area contributed by atoms with Crippen LogP contribution in [0, 0.1) is 18.8 Å². The van der Waals surface area contributed by atoms with Crippen LogP contribution in [0.5, 0.6) is 17.2 Å². The van der Waals surface area contributed by atoms with Gasteiger partial charge in [0.1, 0.15) is 35.2 Å². The van der Waals surface area contributed by atoms with Gasteiger partial charge in [0.15, 0.2) is 0 Å². The molecule has 0 unspecified atom stereocenters. The molecule has 0 saturated carbocycles. The fourth-order valence-corrected chi connectivity index (χ4v) is 4.27. The SMILES string of the molecule is COC(=O)c1ccc(O)c(CC[C@@H](C)CCCC(C)C)c1O[C@@H](C)Cc1cc(C=O)c(C)cc1O. The maximum absolute atomic E-state index is 12.5. The van der Waals surface area contributed by atoms with Crippen LogP contribution in [0.25, 0.3) is 0 Å². The van der Waals surface area contributed by atoms with E-state index in [2.05, 4.69) is 20.8 Å². The lowest BCUT2D eigenvalue weighted by atomic mass is 9.93. The molecule has 2 aromatic carbocycles. The fourth-order valence-electron chi connectivity index (χ4n) is 4.27. The second kappa shape index (κ2) is 13.2. The number of esters is 1. The number of hydrogen-bond acceptors (Lipinski definition) is 6. The van der Waals surface area contributed by atoms with Gasteiger partial charge in [0.25, 0.3) is 0 Å². The topological polar surface area (TPSA) is 93.1 Å². The Balaban J connectivity index is 2.27. The van der Waals surface area contributed by atoms with Crippen molar-refractivity contribution in [2.75, 3.05) is 7.11 Å². The lowest BCUT2D eigenvalue weighted by Gasteiger charge is -2.22. The Labute approximate surface area is 209 Å². The van der Waals surface area contributed by atoms with E-state index in [1.54, 1.807) is 19.1 Å². The van der Waals surface area contributed by atoms with Gasteiger partial charge in [-0.3, -0.25) is 4.79 Å². The summed E-state index contributed by atoms with van der Waals surface area (Å²) in [5.41, 5.74) is 2.61. The zero-order valence-electron chi connectivity index (χ0n) is 21.9. The summed E-state index contributed by atoms with van der Waals surface area (Å²) in [5.74, 6) is 1.08. The van der Waals surface area contributed by atoms with Crippen LogP contribution in [-0.4, -0.2) is 35.7 Å². The summed E-state index contributed by atoms with van der Waals surface area (Å²) in [6.07, 6.45) is 5.50. The summed E-state index contributed by atoms with van der Waals surface area (Å²) in [5, 5.41) is 21.0. The van der Waals surface area contributed by atoms with Crippen molar-refractivity contribution in [2.45, 2.75) is 79.2 Å². The molecular formula is C29H40O6. The van der Waals surface area contributed by atoms with Crippen molar-refractivity contribution in [1.82, 2.24) is 0 Å². The van der Waals surface area contributed by atoms with Gasteiger partial charge in [0, 0.05) is 17.5 Å². The van der Waals surface area contributed by atoms with E-state index in [9.17, 15) is 19.8 Å². The standard InChI is InChI=1S/C29H40O6/c1-18(2)8-7-9-19(3)10-11-24-26(31)13-12-25(29(33)34-6)28(24)35-21(5)15-22-16-23(17-30)20(4)14-27(22)32/h12-14,16-19,21,31-32H,7-11,15H2,1-6H3/t19-,21-/m0/s1. The van der Waals surface area contributed by atoms with Crippen LogP contribution in [0.15, 0.2) is 24.3 Å². The third kappa shape index (κ3) is 8.01. The largest absolute Gasteiger partial charge is 0.508 e. The highest BCUT2D eigenvalue weighted by molar-refractivity contribution is 5.93. The zero-order valence-corrected chi connectivity index (χ0v) is 21.9. The van der Waals surface area contributed by atoms with Gasteiger partial charge in [-0.2, -0.15) is 0 Å². The maximum atomic E-state index is 12.5. The molecule has 0 aromatic heterocycles. The Morgan fingerprint density at radius 2 is 1.74 bits per heavy atom. The number of rotatable bonds is 13. The van der Waals surface area contributed by atoms with Crippen LogP contribution in [0.1, 0.15) is 90.8 Å². The highest BCUT2D eigenvalue weighted by Gasteiger charge is 2.23. The van der Waals surface area contributed by atoms with E-state index in [0.29, 0.717) is 52.7 Å². The Morgan fingerprint density at radius 1 is 1.03 bits per heavy atom. The highest BCUT2D eigenvalue weighted by Crippen LogP contribution is 2.36. The number of phenolic OH excluding ortho intramolecular Hbond substituents is 2. The molecule has 0 amide bonds. The molecule has 6 heteroatoms. The molecule has 0 bridgehead atoms. The minimum absolute atomic E-state index is 0.0793. The number of phenols is 2. The molecular weight excluding hydrogens is 444 g/mol. The Morgan fingerprint density at radius 3 is 2.37 bits per heavy atom. The van der Waals surface area contributed by atoms with Crippen molar-refractivity contribution < 1.29 is 29.3 Å². The van der Waals surface area contributed by atoms with E-state index in [1.165, 1.54) is 25.7 Å². The van der Waals surface area contributed by atoms with Gasteiger partial charge in [-0.05, 0) is 73.9 Å². The third-order valence-corrected chi connectivity index (χ3v) is 6.43. The summed E-state index contributed by atoms with van der Waals surface area (Å²) in [6.45, 7) is 10.2. The number of benzene rings is 2. The molecule has 0 aliphatic carbocycles. The number of hydrogen-bond donors (Lipinski definition) is 2. The Hall–Kier alpha value is -3.02. The van der Waals surface area contributed by atoms with Crippen molar-refractivity contribution in [3.8, 4) is 17.2 Å². The van der Waals surface area contributed by atoms with Gasteiger partial charge in [-0.25, -0.2) is 4.79 Å². The summed E-state index contributed by atoms with van der Waals surface area (Å²) in [4.78, 5) is 23.8. The van der Waals surface area contributed by atoms with E-state index in [1.807, 2.05) is 6.92 Å². The van der Waals surface area contributed by atoms with E-state index < -0.39 is 12.1 Å². The van der Waals surface area contributed by atoms with Gasteiger partial charge in [-0.15, -0.1) is 0 Å². The molecule has 0 saturated heterocycles. The molecule has 2 rings (SSSR count). The molecule has 35 heavy (non-hydrogen) atoms. The summed E-state index contributed by atoms with van der Waals surface area (Å²) in [6, 6.07) is 6.23. The minimum atomic E-state index is -0.542. The molecule has 0 spiro atoms. The Bertz CT molecular complexity index is 1010. The highest BCUT2D eigenvalue weighted by atomic mass is 16.5. The van der Waals surface area contributed by atoms with Crippen LogP contribution >= 0.6 is 0 Å². The maximum Gasteiger partial charge on any atom is 0.341 e. The average molecular weight is 485 g/mol. The lowest BCUT2D eigenvalue weighted by molar-refractivity contribution is 0.0593. The number of aromatic hydroxyl groups is 2. The molecule has 2 atom stereocenters. The first-order valence-corrected chi connectivity index (χ1v) is 12.4. The molecule has 6 nitrogen and oxygen atoms in total. The molecule has 0 fully saturated rings. The smallest absolute Gasteiger partial charge is 0.341 e. The lowest BCUT2D eigenvalue weighted by Crippen LogP contribution is -2.19. The van der Waals surface area contributed by atoms with Crippen LogP contribution in [0.3, 0.4) is 0 Å². The molecule has 192 valence electrons. The van der Waals surface area contributed by atoms with Crippen molar-refractivity contribution in [2.24, 2.45) is 11.8 Å². The molecule has 0 radical (unpaired) electrons. The van der Waals surface area contributed by atoms with Crippen molar-refractivity contribution in [3.63, 3.8) is 0 Å². The van der Waals surface area contributed by atoms with Crippen molar-refractivity contribution in [3.05, 3.63) is 52.1 Å². The number of methoxy groups -OCH3 is 1. The van der Waals surface area contributed by atoms with Crippen molar-refractivity contribution >= 4 is 12.3 Å². The molecule has 2 N–H and O–H groups in total. The summed E-state index contributed by atoms with van der Waals surface area (Å²) >= 11 is 0. The first kappa shape index (κ1) is 28.2. The average Bonchev–Trinajstić information content (AvgIpc) is 2.79. The van der Waals surface area contributed by atoms with E-state index in [4.69, 9.17) is 9.47 Å². The van der Waals surface area contributed by atoms with Gasteiger partial charge in [-0.1, -0.05) is 40.0 Å². The minimum Gasteiger partial charge on any atom is -0.508 e. The number of ether oxygens (including phenoxy) is 2. The quantitative estimate of drug-likeness (QED) is 0.252. The fraction of sp³-hybridized carbons (Fsp3) is 0.517. The molecule has 2 aromatic rings. The number of carbonyl (C=O) groups is 2. The van der Waals surface area contributed by atoms with E-state index in [-0.39, 0.29) is 17.1 Å². The van der Waals surface area contributed by atoms with Gasteiger partial charge >= 0.3 is 5.97 Å². The van der Waals surface area contributed by atoms with Crippen molar-refractivity contribution in [1.29, 1.82) is 0 Å². The summed E-state index contributed by atoms with van der Waals surface area (Å²) in [7, 11) is 1.31. The predicted molar refractivity (Wildman–Crippen MR) is 138 cm³/mol. The van der Waals surface area contributed by atoms with Crippen LogP contribution < -0.4 is 4.74 Å². The second-order valence-electron chi connectivity index (χ2n) is 9.99. The van der Waals surface area contributed by atoms with E-state index in [0.717, 1.165) is 25.5 Å². The Kier molecular flexibility index (Phi) is 10.6. The van der Waals surface area contributed by atoms with Gasteiger partial charge < -0.3 is 19.7 Å². The first-order chi connectivity index (χ1) is 16.6. The molecule has 0 aliphatic heterocycles. The first-order valence-electron chi connectivity index (χ1n) is 12.4. The monoisotopic (exact) mass is 484 g/mol.